The van der Waals surface area contributed by atoms with Gasteiger partial charge in [0.05, 0.1) is 26.2 Å². The molecule has 0 unspecified atom stereocenters. The van der Waals surface area contributed by atoms with Crippen molar-refractivity contribution in [1.29, 1.82) is 0 Å². The van der Waals surface area contributed by atoms with E-state index in [9.17, 15) is 4.39 Å². The summed E-state index contributed by atoms with van der Waals surface area (Å²) in [4.78, 5) is 5.12. The van der Waals surface area contributed by atoms with Crippen LogP contribution in [0.4, 0.5) is 10.2 Å². The molecule has 3 rings (SSSR count). The predicted octanol–water partition coefficient (Wildman–Crippen LogP) is 4.46. The van der Waals surface area contributed by atoms with Crippen LogP contribution in [0, 0.1) is 19.7 Å². The summed E-state index contributed by atoms with van der Waals surface area (Å²) >= 11 is 7.28. The molecule has 108 valence electrons. The Morgan fingerprint density at radius 2 is 2.10 bits per heavy atom. The molecule has 0 radical (unpaired) electrons. The number of nitrogen functional groups attached to an aromatic ring is 1. The Morgan fingerprint density at radius 1 is 1.33 bits per heavy atom. The zero-order chi connectivity index (χ0) is 15.1. The summed E-state index contributed by atoms with van der Waals surface area (Å²) in [6.45, 7) is 3.75. The van der Waals surface area contributed by atoms with E-state index in [0.29, 0.717) is 11.3 Å². The van der Waals surface area contributed by atoms with Crippen molar-refractivity contribution >= 4 is 28.8 Å². The van der Waals surface area contributed by atoms with Gasteiger partial charge in [0.1, 0.15) is 5.82 Å². The Bertz CT molecular complexity index is 828. The molecule has 2 N–H and O–H groups in total. The van der Waals surface area contributed by atoms with Crippen LogP contribution in [0.15, 0.2) is 22.7 Å². The standard InChI is InChI=1S/C14H11ClFN3OS/c1-6-13(21-7(2)18-6)12-10(14(17)19-20-12)8-4-3-5-9(15)11(8)16/h3-5H,1-2H3,(H2,17,19). The summed E-state index contributed by atoms with van der Waals surface area (Å²) in [5.74, 6) is -0.0115. The van der Waals surface area contributed by atoms with Gasteiger partial charge in [-0.15, -0.1) is 11.3 Å². The molecule has 7 heteroatoms. The summed E-state index contributed by atoms with van der Waals surface area (Å²) in [6.07, 6.45) is 0. The fourth-order valence-electron chi connectivity index (χ4n) is 2.16. The van der Waals surface area contributed by atoms with E-state index < -0.39 is 5.82 Å². The van der Waals surface area contributed by atoms with Crippen LogP contribution in [0.5, 0.6) is 0 Å². The minimum Gasteiger partial charge on any atom is -0.380 e. The summed E-state index contributed by atoms with van der Waals surface area (Å²) in [6, 6.07) is 4.73. The lowest BCUT2D eigenvalue weighted by Crippen LogP contribution is -1.92. The summed E-state index contributed by atoms with van der Waals surface area (Å²) < 4.78 is 19.6. The van der Waals surface area contributed by atoms with Crippen molar-refractivity contribution < 1.29 is 8.91 Å². The minimum absolute atomic E-state index is 0.0243. The second kappa shape index (κ2) is 5.13. The molecular formula is C14H11ClFN3OS. The second-order valence-corrected chi connectivity index (χ2v) is 6.13. The van der Waals surface area contributed by atoms with E-state index in [-0.39, 0.29) is 16.4 Å². The molecule has 0 saturated carbocycles. The number of hydrogen-bond donors (Lipinski definition) is 1. The van der Waals surface area contributed by atoms with E-state index >= 15 is 0 Å². The van der Waals surface area contributed by atoms with E-state index in [2.05, 4.69) is 10.1 Å². The topological polar surface area (TPSA) is 64.9 Å². The van der Waals surface area contributed by atoms with Crippen LogP contribution in [-0.2, 0) is 0 Å². The first-order valence-electron chi connectivity index (χ1n) is 6.13. The molecule has 1 aromatic carbocycles. The Labute approximate surface area is 129 Å². The molecule has 0 aliphatic heterocycles. The molecule has 0 amide bonds. The Kier molecular flexibility index (Phi) is 3.43. The molecule has 2 aromatic heterocycles. The Morgan fingerprint density at radius 3 is 2.76 bits per heavy atom. The molecule has 3 aromatic rings. The monoisotopic (exact) mass is 323 g/mol. The number of halogens is 2. The number of nitrogens with two attached hydrogens (primary N) is 1. The average Bonchev–Trinajstić information content (AvgIpc) is 2.96. The maximum Gasteiger partial charge on any atom is 0.188 e. The van der Waals surface area contributed by atoms with Crippen LogP contribution in [0.3, 0.4) is 0 Å². The third kappa shape index (κ3) is 2.30. The number of rotatable bonds is 2. The van der Waals surface area contributed by atoms with E-state index in [4.69, 9.17) is 21.9 Å². The van der Waals surface area contributed by atoms with E-state index in [0.717, 1.165) is 15.6 Å². The first kappa shape index (κ1) is 14.0. The molecular weight excluding hydrogens is 313 g/mol. The third-order valence-electron chi connectivity index (χ3n) is 3.05. The molecule has 0 bridgehead atoms. The van der Waals surface area contributed by atoms with Gasteiger partial charge < -0.3 is 10.3 Å². The maximum absolute atomic E-state index is 14.3. The lowest BCUT2D eigenvalue weighted by molar-refractivity contribution is 0.436. The maximum atomic E-state index is 14.3. The van der Waals surface area contributed by atoms with Crippen LogP contribution >= 0.6 is 22.9 Å². The third-order valence-corrected chi connectivity index (χ3v) is 4.41. The minimum atomic E-state index is -0.547. The van der Waals surface area contributed by atoms with Gasteiger partial charge in [-0.3, -0.25) is 0 Å². The van der Waals surface area contributed by atoms with Gasteiger partial charge in [0.2, 0.25) is 0 Å². The highest BCUT2D eigenvalue weighted by atomic mass is 35.5. The highest BCUT2D eigenvalue weighted by Crippen LogP contribution is 2.42. The summed E-state index contributed by atoms with van der Waals surface area (Å²) in [5, 5.41) is 4.67. The van der Waals surface area contributed by atoms with Gasteiger partial charge in [0, 0.05) is 5.56 Å². The molecule has 0 spiro atoms. The fraction of sp³-hybridized carbons (Fsp3) is 0.143. The smallest absolute Gasteiger partial charge is 0.188 e. The summed E-state index contributed by atoms with van der Waals surface area (Å²) in [5.41, 5.74) is 7.32. The molecule has 0 aliphatic rings. The van der Waals surface area contributed by atoms with Crippen molar-refractivity contribution in [1.82, 2.24) is 10.1 Å². The van der Waals surface area contributed by atoms with Crippen molar-refractivity contribution in [2.45, 2.75) is 13.8 Å². The first-order valence-corrected chi connectivity index (χ1v) is 7.32. The van der Waals surface area contributed by atoms with E-state index in [1.807, 2.05) is 13.8 Å². The van der Waals surface area contributed by atoms with Gasteiger partial charge in [-0.1, -0.05) is 28.9 Å². The van der Waals surface area contributed by atoms with Crippen molar-refractivity contribution in [3.05, 3.63) is 39.7 Å². The number of aromatic nitrogens is 2. The SMILES string of the molecule is Cc1nc(C)c(-c2onc(N)c2-c2cccc(Cl)c2F)s1. The van der Waals surface area contributed by atoms with Crippen LogP contribution in [0.25, 0.3) is 21.8 Å². The van der Waals surface area contributed by atoms with Crippen LogP contribution in [0.2, 0.25) is 5.02 Å². The lowest BCUT2D eigenvalue weighted by atomic mass is 10.0. The van der Waals surface area contributed by atoms with Crippen LogP contribution < -0.4 is 5.73 Å². The zero-order valence-corrected chi connectivity index (χ0v) is 12.8. The molecule has 0 atom stereocenters. The number of anilines is 1. The van der Waals surface area contributed by atoms with Gasteiger partial charge >= 0.3 is 0 Å². The molecule has 0 fully saturated rings. The number of hydrogen-bond acceptors (Lipinski definition) is 5. The first-order chi connectivity index (χ1) is 9.99. The van der Waals surface area contributed by atoms with Crippen molar-refractivity contribution in [2.24, 2.45) is 0 Å². The zero-order valence-electron chi connectivity index (χ0n) is 11.3. The quantitative estimate of drug-likeness (QED) is 0.756. The largest absolute Gasteiger partial charge is 0.380 e. The molecule has 21 heavy (non-hydrogen) atoms. The molecule has 0 saturated heterocycles. The highest BCUT2D eigenvalue weighted by molar-refractivity contribution is 7.15. The van der Waals surface area contributed by atoms with Gasteiger partial charge in [-0.25, -0.2) is 9.37 Å². The van der Waals surface area contributed by atoms with E-state index in [1.54, 1.807) is 12.1 Å². The number of benzene rings is 1. The van der Waals surface area contributed by atoms with Crippen LogP contribution in [0.1, 0.15) is 10.7 Å². The molecule has 0 aliphatic carbocycles. The van der Waals surface area contributed by atoms with Gasteiger partial charge in [0.15, 0.2) is 11.6 Å². The van der Waals surface area contributed by atoms with Crippen molar-refractivity contribution in [2.75, 3.05) is 5.73 Å². The number of thiazole rings is 1. The highest BCUT2D eigenvalue weighted by Gasteiger charge is 2.24. The van der Waals surface area contributed by atoms with Crippen LogP contribution in [-0.4, -0.2) is 10.1 Å². The summed E-state index contributed by atoms with van der Waals surface area (Å²) in [7, 11) is 0. The normalized spacial score (nSPS) is 11.0. The molecule has 4 nitrogen and oxygen atoms in total. The van der Waals surface area contributed by atoms with E-state index in [1.165, 1.54) is 17.4 Å². The lowest BCUT2D eigenvalue weighted by Gasteiger charge is -2.04. The van der Waals surface area contributed by atoms with Crippen molar-refractivity contribution in [3.8, 4) is 21.8 Å². The second-order valence-electron chi connectivity index (χ2n) is 4.52. The Hall–Kier alpha value is -1.92. The van der Waals surface area contributed by atoms with Gasteiger partial charge in [0.25, 0.3) is 0 Å². The molecule has 2 heterocycles. The number of aryl methyl sites for hydroxylation is 2. The number of nitrogens with zero attached hydrogens (tertiary/aromatic N) is 2. The predicted molar refractivity (Wildman–Crippen MR) is 81.9 cm³/mol. The van der Waals surface area contributed by atoms with Gasteiger partial charge in [-0.2, -0.15) is 0 Å². The average molecular weight is 324 g/mol. The van der Waals surface area contributed by atoms with Gasteiger partial charge in [-0.05, 0) is 19.9 Å². The fourth-order valence-corrected chi connectivity index (χ4v) is 3.23. The van der Waals surface area contributed by atoms with Crippen molar-refractivity contribution in [3.63, 3.8) is 0 Å². The Balaban J connectivity index is 2.27.